The van der Waals surface area contributed by atoms with E-state index in [1.807, 2.05) is 18.2 Å². The number of amides is 1. The van der Waals surface area contributed by atoms with Crippen LogP contribution < -0.4 is 5.73 Å². The lowest BCUT2D eigenvalue weighted by atomic mass is 10.1. The molecule has 0 radical (unpaired) electrons. The van der Waals surface area contributed by atoms with E-state index in [1.165, 1.54) is 11.0 Å². The van der Waals surface area contributed by atoms with Crippen molar-refractivity contribution in [2.75, 3.05) is 5.73 Å². The number of fused-ring (bicyclic) bond motifs is 3. The van der Waals surface area contributed by atoms with Gasteiger partial charge in [0.25, 0.3) is 5.91 Å². The molecular weight excluding hydrogens is 497 g/mol. The number of benzene rings is 1. The summed E-state index contributed by atoms with van der Waals surface area (Å²) < 4.78 is 41.0. The first-order chi connectivity index (χ1) is 18.0. The summed E-state index contributed by atoms with van der Waals surface area (Å²) in [6.07, 6.45) is -0.631. The van der Waals surface area contributed by atoms with E-state index < -0.39 is 17.8 Å². The van der Waals surface area contributed by atoms with Crippen LogP contribution >= 0.6 is 0 Å². The van der Waals surface area contributed by atoms with Crippen molar-refractivity contribution in [3.05, 3.63) is 89.2 Å². The fourth-order valence-electron chi connectivity index (χ4n) is 4.45. The molecule has 4 aromatic heterocycles. The predicted octanol–water partition coefficient (Wildman–Crippen LogP) is 4.69. The van der Waals surface area contributed by atoms with Gasteiger partial charge in [-0.1, -0.05) is 0 Å². The van der Waals surface area contributed by atoms with Gasteiger partial charge < -0.3 is 10.6 Å². The molecule has 2 N–H and O–H groups in total. The Labute approximate surface area is 215 Å². The van der Waals surface area contributed by atoms with Gasteiger partial charge in [0.1, 0.15) is 23.0 Å². The monoisotopic (exact) mass is 520 g/mol. The van der Waals surface area contributed by atoms with Crippen LogP contribution in [0.15, 0.2) is 55.0 Å². The van der Waals surface area contributed by atoms with Crippen LogP contribution in [0.4, 0.5) is 19.0 Å². The number of aryl methyl sites for hydroxylation is 2. The molecule has 0 saturated heterocycles. The highest BCUT2D eigenvalue weighted by atomic mass is 19.4. The van der Waals surface area contributed by atoms with Crippen molar-refractivity contribution >= 4 is 28.3 Å². The number of nitrogens with two attached hydrogens (primary N) is 1. The van der Waals surface area contributed by atoms with Gasteiger partial charge >= 0.3 is 6.18 Å². The summed E-state index contributed by atoms with van der Waals surface area (Å²) in [5, 5.41) is 0. The fraction of sp³-hybridized carbons (Fsp3) is 0.231. The van der Waals surface area contributed by atoms with Crippen LogP contribution in [-0.4, -0.2) is 40.1 Å². The van der Waals surface area contributed by atoms with Crippen molar-refractivity contribution in [2.24, 2.45) is 0 Å². The Morgan fingerprint density at radius 1 is 1.08 bits per heavy atom. The Kier molecular flexibility index (Phi) is 6.17. The Bertz CT molecular complexity index is 1650. The largest absolute Gasteiger partial charge is 0.417 e. The molecule has 194 valence electrons. The first-order valence-electron chi connectivity index (χ1n) is 11.7. The van der Waals surface area contributed by atoms with E-state index in [0.29, 0.717) is 39.6 Å². The molecule has 1 atom stereocenters. The van der Waals surface area contributed by atoms with Gasteiger partial charge in [-0.3, -0.25) is 14.2 Å². The van der Waals surface area contributed by atoms with Crippen LogP contribution in [0.1, 0.15) is 51.9 Å². The van der Waals surface area contributed by atoms with E-state index >= 15 is 0 Å². The molecule has 0 saturated carbocycles. The van der Waals surface area contributed by atoms with Gasteiger partial charge in [0.05, 0.1) is 40.6 Å². The molecule has 5 aromatic rings. The van der Waals surface area contributed by atoms with Crippen LogP contribution in [0.25, 0.3) is 16.6 Å². The van der Waals surface area contributed by atoms with E-state index in [2.05, 4.69) is 24.9 Å². The maximum atomic E-state index is 13.9. The molecule has 0 aliphatic carbocycles. The smallest absolute Gasteiger partial charge is 0.382 e. The average Bonchev–Trinajstić information content (AvgIpc) is 3.21. The molecule has 1 amide bonds. The third-order valence-electron chi connectivity index (χ3n) is 6.34. The quantitative estimate of drug-likeness (QED) is 0.358. The lowest BCUT2D eigenvalue weighted by Gasteiger charge is -2.28. The topological polar surface area (TPSA) is 115 Å². The van der Waals surface area contributed by atoms with E-state index in [4.69, 9.17) is 5.73 Å². The summed E-state index contributed by atoms with van der Waals surface area (Å²) in [5.41, 5.74) is 8.54. The zero-order chi connectivity index (χ0) is 27.2. The molecular formula is C26H23F3N8O. The molecule has 1 aromatic carbocycles. The lowest BCUT2D eigenvalue weighted by molar-refractivity contribution is -0.137. The molecule has 0 spiro atoms. The Morgan fingerprint density at radius 3 is 2.47 bits per heavy atom. The van der Waals surface area contributed by atoms with Gasteiger partial charge in [-0.25, -0.2) is 19.9 Å². The number of nitrogen functional groups attached to an aromatic ring is 1. The molecule has 0 aliphatic heterocycles. The van der Waals surface area contributed by atoms with Gasteiger partial charge in [-0.05, 0) is 57.2 Å². The Hall–Kier alpha value is -4.61. The van der Waals surface area contributed by atoms with Crippen molar-refractivity contribution in [3.63, 3.8) is 0 Å². The van der Waals surface area contributed by atoms with Crippen molar-refractivity contribution in [1.82, 2.24) is 34.2 Å². The van der Waals surface area contributed by atoms with Crippen LogP contribution in [-0.2, 0) is 12.7 Å². The fourth-order valence-corrected chi connectivity index (χ4v) is 4.45. The number of anilines is 1. The van der Waals surface area contributed by atoms with Gasteiger partial charge in [-0.2, -0.15) is 13.2 Å². The highest BCUT2D eigenvalue weighted by Crippen LogP contribution is 2.30. The summed E-state index contributed by atoms with van der Waals surface area (Å²) in [7, 11) is 0. The number of alkyl halides is 3. The van der Waals surface area contributed by atoms with Crippen LogP contribution in [0, 0.1) is 13.8 Å². The SMILES string of the molecule is Cc1nc(C)n2c1c(N)nc1ccc(C(=O)N(Cc3ccc(C(F)(F)F)cn3)[C@@H](C)c3ncccn3)cc12. The summed E-state index contributed by atoms with van der Waals surface area (Å²) in [5.74, 6) is 1.03. The molecule has 9 nitrogen and oxygen atoms in total. The number of hydrogen-bond acceptors (Lipinski definition) is 7. The average molecular weight is 521 g/mol. The summed E-state index contributed by atoms with van der Waals surface area (Å²) >= 11 is 0. The standard InChI is InChI=1S/C26H23F3N8O/c1-14-22-23(30)35-20-8-5-17(11-21(20)37(22)16(3)34-14)25(38)36(15(2)24-31-9-4-10-32-24)13-19-7-6-18(12-33-19)26(27,28)29/h4-12,15H,13H2,1-3H3,(H2,30,35)/t15-/m0/s1. The zero-order valence-corrected chi connectivity index (χ0v) is 20.7. The normalized spacial score (nSPS) is 12.7. The van der Waals surface area contributed by atoms with Crippen LogP contribution in [0.5, 0.6) is 0 Å². The summed E-state index contributed by atoms with van der Waals surface area (Å²) in [4.78, 5) is 36.9. The number of hydrogen-bond donors (Lipinski definition) is 1. The lowest BCUT2D eigenvalue weighted by Crippen LogP contribution is -2.34. The number of imidazole rings is 1. The van der Waals surface area contributed by atoms with Crippen molar-refractivity contribution in [1.29, 1.82) is 0 Å². The van der Waals surface area contributed by atoms with Crippen molar-refractivity contribution in [3.8, 4) is 0 Å². The minimum atomic E-state index is -4.51. The molecule has 12 heteroatoms. The number of rotatable bonds is 5. The minimum Gasteiger partial charge on any atom is -0.382 e. The van der Waals surface area contributed by atoms with Gasteiger partial charge in [0.2, 0.25) is 0 Å². The maximum Gasteiger partial charge on any atom is 0.417 e. The second kappa shape index (κ2) is 9.36. The highest BCUT2D eigenvalue weighted by molar-refractivity contribution is 5.98. The second-order valence-corrected chi connectivity index (χ2v) is 8.88. The van der Waals surface area contributed by atoms with E-state index in [-0.39, 0.29) is 18.1 Å². The molecule has 0 aliphatic rings. The number of aromatic nitrogens is 6. The Morgan fingerprint density at radius 2 is 1.82 bits per heavy atom. The number of nitrogens with zero attached hydrogens (tertiary/aromatic N) is 7. The number of carbonyl (C=O) groups is 1. The number of carbonyl (C=O) groups excluding carboxylic acids is 1. The maximum absolute atomic E-state index is 13.9. The summed E-state index contributed by atoms with van der Waals surface area (Å²) in [6.45, 7) is 5.36. The third kappa shape index (κ3) is 4.49. The van der Waals surface area contributed by atoms with Gasteiger partial charge in [-0.15, -0.1) is 0 Å². The van der Waals surface area contributed by atoms with Crippen LogP contribution in [0.2, 0.25) is 0 Å². The molecule has 5 rings (SSSR count). The number of halogens is 3. The zero-order valence-electron chi connectivity index (χ0n) is 20.7. The van der Waals surface area contributed by atoms with E-state index in [0.717, 1.165) is 18.0 Å². The third-order valence-corrected chi connectivity index (χ3v) is 6.34. The first kappa shape index (κ1) is 25.1. The van der Waals surface area contributed by atoms with E-state index in [1.54, 1.807) is 43.6 Å². The number of pyridine rings is 1. The molecule has 0 unspecified atom stereocenters. The summed E-state index contributed by atoms with van der Waals surface area (Å²) in [6, 6.07) is 8.29. The molecule has 0 fully saturated rings. The molecule has 38 heavy (non-hydrogen) atoms. The van der Waals surface area contributed by atoms with E-state index in [9.17, 15) is 18.0 Å². The van der Waals surface area contributed by atoms with Crippen molar-refractivity contribution < 1.29 is 18.0 Å². The molecule has 4 heterocycles. The van der Waals surface area contributed by atoms with Crippen molar-refractivity contribution in [2.45, 2.75) is 39.5 Å². The molecule has 0 bridgehead atoms. The predicted molar refractivity (Wildman–Crippen MR) is 134 cm³/mol. The Balaban J connectivity index is 1.58. The second-order valence-electron chi connectivity index (χ2n) is 8.88. The highest BCUT2D eigenvalue weighted by Gasteiger charge is 2.31. The first-order valence-corrected chi connectivity index (χ1v) is 11.7. The van der Waals surface area contributed by atoms with Gasteiger partial charge in [0, 0.05) is 24.2 Å². The van der Waals surface area contributed by atoms with Gasteiger partial charge in [0.15, 0.2) is 0 Å². The minimum absolute atomic E-state index is 0.0625. The van der Waals surface area contributed by atoms with Crippen LogP contribution in [0.3, 0.4) is 0 Å².